The van der Waals surface area contributed by atoms with Crippen LogP contribution in [-0.4, -0.2) is 37.9 Å². The monoisotopic (exact) mass is 287 g/mol. The summed E-state index contributed by atoms with van der Waals surface area (Å²) in [6.45, 7) is 11.4. The SMILES string of the molecule is CC(C)(C)[Si](C)(C)OCC[C@@H]1C(=O)N[C@@H]1CC(=O)O. The molecule has 1 saturated heterocycles. The molecule has 0 radical (unpaired) electrons. The zero-order valence-corrected chi connectivity index (χ0v) is 13.4. The molecule has 0 spiro atoms. The second-order valence-corrected chi connectivity index (χ2v) is 11.5. The van der Waals surface area contributed by atoms with Crippen LogP contribution in [0.5, 0.6) is 0 Å². The lowest BCUT2D eigenvalue weighted by Gasteiger charge is -2.39. The van der Waals surface area contributed by atoms with Gasteiger partial charge in [-0.1, -0.05) is 20.8 Å². The third-order valence-electron chi connectivity index (χ3n) is 4.24. The van der Waals surface area contributed by atoms with Crippen molar-refractivity contribution in [3.05, 3.63) is 0 Å². The molecule has 5 nitrogen and oxygen atoms in total. The molecule has 1 amide bonds. The third kappa shape index (κ3) is 4.04. The Kier molecular flexibility index (Phi) is 4.79. The van der Waals surface area contributed by atoms with Crippen molar-refractivity contribution in [3.8, 4) is 0 Å². The second-order valence-electron chi connectivity index (χ2n) is 6.72. The van der Waals surface area contributed by atoms with Crippen molar-refractivity contribution < 1.29 is 19.1 Å². The van der Waals surface area contributed by atoms with Gasteiger partial charge in [0.25, 0.3) is 0 Å². The molecular formula is C13H25NO4Si. The van der Waals surface area contributed by atoms with Gasteiger partial charge < -0.3 is 14.8 Å². The van der Waals surface area contributed by atoms with Gasteiger partial charge in [0, 0.05) is 6.61 Å². The normalized spacial score (nSPS) is 23.7. The van der Waals surface area contributed by atoms with Crippen LogP contribution < -0.4 is 5.32 Å². The van der Waals surface area contributed by atoms with Crippen LogP contribution >= 0.6 is 0 Å². The Hall–Kier alpha value is -0.883. The van der Waals surface area contributed by atoms with Gasteiger partial charge in [-0.2, -0.15) is 0 Å². The highest BCUT2D eigenvalue weighted by atomic mass is 28.4. The number of hydrogen-bond acceptors (Lipinski definition) is 3. The largest absolute Gasteiger partial charge is 0.481 e. The van der Waals surface area contributed by atoms with Crippen LogP contribution in [0, 0.1) is 5.92 Å². The molecule has 1 fully saturated rings. The number of carboxylic acids is 1. The van der Waals surface area contributed by atoms with Crippen LogP contribution in [0.1, 0.15) is 33.6 Å². The van der Waals surface area contributed by atoms with Crippen molar-refractivity contribution >= 4 is 20.2 Å². The Balaban J connectivity index is 2.40. The van der Waals surface area contributed by atoms with Gasteiger partial charge >= 0.3 is 5.97 Å². The van der Waals surface area contributed by atoms with Crippen molar-refractivity contribution in [2.45, 2.75) is 57.8 Å². The smallest absolute Gasteiger partial charge is 0.305 e. The summed E-state index contributed by atoms with van der Waals surface area (Å²) in [7, 11) is -1.78. The first-order valence-electron chi connectivity index (χ1n) is 6.71. The van der Waals surface area contributed by atoms with Crippen molar-refractivity contribution in [2.24, 2.45) is 5.92 Å². The lowest BCUT2D eigenvalue weighted by atomic mass is 9.86. The molecule has 0 aliphatic carbocycles. The van der Waals surface area contributed by atoms with Gasteiger partial charge in [-0.25, -0.2) is 0 Å². The Labute approximate surface area is 115 Å². The number of β-lactam (4-membered cyclic amide) rings is 1. The number of rotatable bonds is 6. The van der Waals surface area contributed by atoms with E-state index in [1.807, 2.05) is 0 Å². The van der Waals surface area contributed by atoms with E-state index in [9.17, 15) is 9.59 Å². The molecule has 19 heavy (non-hydrogen) atoms. The quantitative estimate of drug-likeness (QED) is 0.578. The van der Waals surface area contributed by atoms with E-state index in [1.165, 1.54) is 0 Å². The van der Waals surface area contributed by atoms with Crippen LogP contribution in [0.4, 0.5) is 0 Å². The maximum Gasteiger partial charge on any atom is 0.305 e. The lowest BCUT2D eigenvalue weighted by Crippen LogP contribution is -2.59. The molecule has 1 aliphatic rings. The molecule has 6 heteroatoms. The fourth-order valence-corrected chi connectivity index (χ4v) is 2.91. The van der Waals surface area contributed by atoms with E-state index in [-0.39, 0.29) is 29.3 Å². The van der Waals surface area contributed by atoms with Gasteiger partial charge in [0.2, 0.25) is 5.91 Å². The fourth-order valence-electron chi connectivity index (χ4n) is 1.85. The second kappa shape index (κ2) is 5.62. The highest BCUT2D eigenvalue weighted by Gasteiger charge is 2.41. The first kappa shape index (κ1) is 16.2. The number of carbonyl (C=O) groups is 2. The Morgan fingerprint density at radius 1 is 1.42 bits per heavy atom. The highest BCUT2D eigenvalue weighted by molar-refractivity contribution is 6.74. The zero-order valence-electron chi connectivity index (χ0n) is 12.4. The minimum Gasteiger partial charge on any atom is -0.481 e. The van der Waals surface area contributed by atoms with E-state index < -0.39 is 14.3 Å². The predicted octanol–water partition coefficient (Wildman–Crippen LogP) is 1.99. The lowest BCUT2D eigenvalue weighted by molar-refractivity contribution is -0.143. The number of aliphatic carboxylic acids is 1. The minimum absolute atomic E-state index is 0.00347. The first-order valence-corrected chi connectivity index (χ1v) is 9.61. The molecule has 0 saturated carbocycles. The summed E-state index contributed by atoms with van der Waals surface area (Å²) in [6, 6.07) is -0.229. The maximum absolute atomic E-state index is 11.4. The summed E-state index contributed by atoms with van der Waals surface area (Å²) in [4.78, 5) is 22.1. The molecule has 1 heterocycles. The van der Waals surface area contributed by atoms with Crippen molar-refractivity contribution in [1.29, 1.82) is 0 Å². The molecule has 1 rings (SSSR count). The molecule has 1 aliphatic heterocycles. The van der Waals surface area contributed by atoms with Crippen molar-refractivity contribution in [2.75, 3.05) is 6.61 Å². The highest BCUT2D eigenvalue weighted by Crippen LogP contribution is 2.37. The summed E-state index contributed by atoms with van der Waals surface area (Å²) in [6.07, 6.45) is 0.604. The molecule has 110 valence electrons. The zero-order chi connectivity index (χ0) is 14.8. The summed E-state index contributed by atoms with van der Waals surface area (Å²) in [5, 5.41) is 11.5. The van der Waals surface area contributed by atoms with Crippen molar-refractivity contribution in [3.63, 3.8) is 0 Å². The van der Waals surface area contributed by atoms with Gasteiger partial charge in [-0.05, 0) is 24.6 Å². The first-order chi connectivity index (χ1) is 8.54. The molecule has 0 aromatic rings. The van der Waals surface area contributed by atoms with E-state index in [4.69, 9.17) is 9.53 Å². The summed E-state index contributed by atoms with van der Waals surface area (Å²) in [5.41, 5.74) is 0. The Morgan fingerprint density at radius 3 is 2.42 bits per heavy atom. The van der Waals surface area contributed by atoms with Gasteiger partial charge in [0.15, 0.2) is 8.32 Å². The fraction of sp³-hybridized carbons (Fsp3) is 0.846. The number of carbonyl (C=O) groups excluding carboxylic acids is 1. The van der Waals surface area contributed by atoms with Crippen LogP contribution in [0.25, 0.3) is 0 Å². The average Bonchev–Trinajstić information content (AvgIpc) is 2.21. The van der Waals surface area contributed by atoms with Gasteiger partial charge in [-0.15, -0.1) is 0 Å². The molecule has 2 atom stereocenters. The summed E-state index contributed by atoms with van der Waals surface area (Å²) < 4.78 is 6.01. The predicted molar refractivity (Wildman–Crippen MR) is 75.4 cm³/mol. The van der Waals surface area contributed by atoms with Crippen LogP contribution in [0.3, 0.4) is 0 Å². The van der Waals surface area contributed by atoms with Crippen LogP contribution in [0.15, 0.2) is 0 Å². The third-order valence-corrected chi connectivity index (χ3v) is 8.78. The number of carboxylic acid groups (broad SMARTS) is 1. The summed E-state index contributed by atoms with van der Waals surface area (Å²) in [5.74, 6) is -1.13. The number of nitrogens with one attached hydrogen (secondary N) is 1. The standard InChI is InChI=1S/C13H25NO4Si/c1-13(2,3)19(4,5)18-7-6-9-10(8-11(15)16)14-12(9)17/h9-10H,6-8H2,1-5H3,(H,14,17)(H,15,16)/t9-,10+/m0/s1. The van der Waals surface area contributed by atoms with E-state index in [0.29, 0.717) is 13.0 Å². The Bertz CT molecular complexity index is 362. The maximum atomic E-state index is 11.4. The van der Waals surface area contributed by atoms with Crippen LogP contribution in [0.2, 0.25) is 18.1 Å². The van der Waals surface area contributed by atoms with E-state index in [0.717, 1.165) is 0 Å². The van der Waals surface area contributed by atoms with E-state index >= 15 is 0 Å². The molecule has 0 bridgehead atoms. The average molecular weight is 287 g/mol. The molecular weight excluding hydrogens is 262 g/mol. The molecule has 0 unspecified atom stereocenters. The van der Waals surface area contributed by atoms with E-state index in [1.54, 1.807) is 0 Å². The summed E-state index contributed by atoms with van der Waals surface area (Å²) >= 11 is 0. The van der Waals surface area contributed by atoms with Gasteiger partial charge in [0.1, 0.15) is 0 Å². The Morgan fingerprint density at radius 2 is 2.00 bits per heavy atom. The molecule has 2 N–H and O–H groups in total. The molecule has 0 aromatic heterocycles. The number of amides is 1. The van der Waals surface area contributed by atoms with Crippen LogP contribution in [-0.2, 0) is 14.0 Å². The minimum atomic E-state index is -1.78. The number of hydrogen-bond donors (Lipinski definition) is 2. The topological polar surface area (TPSA) is 75.6 Å². The van der Waals surface area contributed by atoms with Gasteiger partial charge in [-0.3, -0.25) is 9.59 Å². The molecule has 0 aromatic carbocycles. The van der Waals surface area contributed by atoms with Crippen molar-refractivity contribution in [1.82, 2.24) is 5.32 Å². The van der Waals surface area contributed by atoms with E-state index in [2.05, 4.69) is 39.2 Å². The van der Waals surface area contributed by atoms with Gasteiger partial charge in [0.05, 0.1) is 18.4 Å².